The summed E-state index contributed by atoms with van der Waals surface area (Å²) in [4.78, 5) is 46.0. The molecule has 1 fully saturated rings. The summed E-state index contributed by atoms with van der Waals surface area (Å²) in [5.41, 5.74) is 3.61. The average Bonchev–Trinajstić information content (AvgIpc) is 2.95. The Balaban J connectivity index is 1.26. The van der Waals surface area contributed by atoms with Crippen molar-refractivity contribution in [3.05, 3.63) is 102 Å². The van der Waals surface area contributed by atoms with Crippen molar-refractivity contribution in [3.8, 4) is 0 Å². The Morgan fingerprint density at radius 1 is 0.868 bits per heavy atom. The van der Waals surface area contributed by atoms with Crippen LogP contribution in [0.15, 0.2) is 89.9 Å². The summed E-state index contributed by atoms with van der Waals surface area (Å²) < 4.78 is 0. The van der Waals surface area contributed by atoms with Crippen LogP contribution in [0.4, 0.5) is 5.69 Å². The topological polar surface area (TPSA) is 94.1 Å². The van der Waals surface area contributed by atoms with Gasteiger partial charge in [0.25, 0.3) is 0 Å². The first-order valence-corrected chi connectivity index (χ1v) is 12.9. The van der Waals surface area contributed by atoms with Gasteiger partial charge in [-0.3, -0.25) is 24.6 Å². The number of hydrogen-bond acceptors (Lipinski definition) is 6. The van der Waals surface area contributed by atoms with Crippen LogP contribution < -0.4 is 10.6 Å². The lowest BCUT2D eigenvalue weighted by Crippen LogP contribution is -2.56. The number of ketones is 1. The molecular formula is C30H31N5O3. The molecule has 2 amide bonds. The van der Waals surface area contributed by atoms with Gasteiger partial charge in [0.05, 0.1) is 12.5 Å². The number of amides is 2. The molecule has 0 bridgehead atoms. The summed E-state index contributed by atoms with van der Waals surface area (Å²) in [7, 11) is 0. The van der Waals surface area contributed by atoms with Gasteiger partial charge in [-0.15, -0.1) is 0 Å². The Bertz CT molecular complexity index is 1280. The van der Waals surface area contributed by atoms with E-state index in [2.05, 4.69) is 69.1 Å². The van der Waals surface area contributed by atoms with Crippen LogP contribution in [-0.2, 0) is 9.59 Å². The Labute approximate surface area is 222 Å². The molecule has 2 aliphatic heterocycles. The molecule has 0 aliphatic carbocycles. The van der Waals surface area contributed by atoms with Gasteiger partial charge in [0.15, 0.2) is 5.78 Å². The van der Waals surface area contributed by atoms with Crippen LogP contribution in [0.5, 0.6) is 0 Å². The van der Waals surface area contributed by atoms with Crippen molar-refractivity contribution in [1.82, 2.24) is 15.1 Å². The minimum absolute atomic E-state index is 0.00901. The van der Waals surface area contributed by atoms with E-state index < -0.39 is 6.04 Å². The largest absolute Gasteiger partial charge is 0.340 e. The summed E-state index contributed by atoms with van der Waals surface area (Å²) in [6, 6.07) is 27.0. The fraction of sp³-hybridized carbons (Fsp3) is 0.267. The molecule has 8 heteroatoms. The molecule has 1 saturated heterocycles. The zero-order valence-electron chi connectivity index (χ0n) is 21.3. The smallest absolute Gasteiger partial charge is 0.249 e. The molecule has 3 aromatic carbocycles. The normalized spacial score (nSPS) is 18.1. The maximum absolute atomic E-state index is 12.9. The molecule has 0 spiro atoms. The molecule has 2 heterocycles. The highest BCUT2D eigenvalue weighted by Crippen LogP contribution is 2.29. The summed E-state index contributed by atoms with van der Waals surface area (Å²) in [5, 5.41) is 5.68. The van der Waals surface area contributed by atoms with Crippen LogP contribution in [0.1, 0.15) is 40.9 Å². The number of carbonyl (C=O) groups excluding carboxylic acids is 3. The van der Waals surface area contributed by atoms with Crippen LogP contribution in [0.3, 0.4) is 0 Å². The lowest BCUT2D eigenvalue weighted by molar-refractivity contribution is -0.125. The van der Waals surface area contributed by atoms with E-state index in [1.165, 1.54) is 18.1 Å². The first-order chi connectivity index (χ1) is 18.5. The fourth-order valence-electron chi connectivity index (χ4n) is 4.98. The zero-order chi connectivity index (χ0) is 26.5. The maximum atomic E-state index is 12.9. The lowest BCUT2D eigenvalue weighted by atomic mass is 9.96. The van der Waals surface area contributed by atoms with E-state index in [9.17, 15) is 14.4 Å². The molecule has 8 nitrogen and oxygen atoms in total. The fourth-order valence-corrected chi connectivity index (χ4v) is 4.98. The summed E-state index contributed by atoms with van der Waals surface area (Å²) in [6.45, 7) is 4.41. The molecule has 2 N–H and O–H groups in total. The van der Waals surface area contributed by atoms with Gasteiger partial charge in [-0.1, -0.05) is 60.7 Å². The zero-order valence-corrected chi connectivity index (χ0v) is 21.3. The Hall–Kier alpha value is -4.30. The predicted molar refractivity (Wildman–Crippen MR) is 147 cm³/mol. The Morgan fingerprint density at radius 2 is 1.45 bits per heavy atom. The second-order valence-electron chi connectivity index (χ2n) is 9.59. The van der Waals surface area contributed by atoms with E-state index in [0.717, 1.165) is 13.1 Å². The van der Waals surface area contributed by atoms with Crippen LogP contribution in [-0.4, -0.2) is 65.6 Å². The highest BCUT2D eigenvalue weighted by Gasteiger charge is 2.32. The van der Waals surface area contributed by atoms with Crippen LogP contribution >= 0.6 is 0 Å². The number of benzene rings is 3. The predicted octanol–water partition coefficient (Wildman–Crippen LogP) is 3.48. The highest BCUT2D eigenvalue weighted by atomic mass is 16.2. The molecular weight excluding hydrogens is 478 g/mol. The molecule has 194 valence electrons. The summed E-state index contributed by atoms with van der Waals surface area (Å²) in [6.07, 6.45) is -0.00901. The first-order valence-electron chi connectivity index (χ1n) is 12.9. The second kappa shape index (κ2) is 11.4. The van der Waals surface area contributed by atoms with Gasteiger partial charge in [0.2, 0.25) is 17.8 Å². The molecule has 38 heavy (non-hydrogen) atoms. The van der Waals surface area contributed by atoms with Gasteiger partial charge in [0, 0.05) is 37.4 Å². The summed E-state index contributed by atoms with van der Waals surface area (Å²) in [5.74, 6) is -0.167. The van der Waals surface area contributed by atoms with Gasteiger partial charge in [-0.2, -0.15) is 0 Å². The van der Waals surface area contributed by atoms with Crippen LogP contribution in [0.25, 0.3) is 0 Å². The van der Waals surface area contributed by atoms with Crippen LogP contribution in [0, 0.1) is 0 Å². The minimum atomic E-state index is -0.814. The molecule has 0 unspecified atom stereocenters. The number of nitrogens with one attached hydrogen (secondary N) is 2. The number of aliphatic imine (C=N–C) groups is 1. The quantitative estimate of drug-likeness (QED) is 0.497. The number of nitrogens with zero attached hydrogens (tertiary/aromatic N) is 3. The van der Waals surface area contributed by atoms with Crippen LogP contribution in [0.2, 0.25) is 0 Å². The number of guanidine groups is 1. The molecule has 0 radical (unpaired) electrons. The van der Waals surface area contributed by atoms with Crippen molar-refractivity contribution in [2.24, 2.45) is 4.99 Å². The lowest BCUT2D eigenvalue weighted by Gasteiger charge is -2.41. The van der Waals surface area contributed by atoms with E-state index in [1.54, 1.807) is 24.3 Å². The van der Waals surface area contributed by atoms with Gasteiger partial charge in [-0.25, -0.2) is 4.99 Å². The van der Waals surface area contributed by atoms with E-state index in [-0.39, 0.29) is 30.1 Å². The van der Waals surface area contributed by atoms with Crippen molar-refractivity contribution in [3.63, 3.8) is 0 Å². The van der Waals surface area contributed by atoms with E-state index >= 15 is 0 Å². The Kier molecular flexibility index (Phi) is 7.60. The minimum Gasteiger partial charge on any atom is -0.340 e. The molecule has 0 aromatic heterocycles. The second-order valence-corrected chi connectivity index (χ2v) is 9.59. The highest BCUT2D eigenvalue weighted by molar-refractivity contribution is 6.06. The molecule has 2 aliphatic rings. The number of carbonyl (C=O) groups is 3. The number of piperazine rings is 1. The van der Waals surface area contributed by atoms with E-state index in [1.807, 2.05) is 17.0 Å². The molecule has 5 rings (SSSR count). The first kappa shape index (κ1) is 25.4. The molecule has 1 atom stereocenters. The van der Waals surface area contributed by atoms with Crippen molar-refractivity contribution < 1.29 is 14.4 Å². The Morgan fingerprint density at radius 3 is 2.00 bits per heavy atom. The van der Waals surface area contributed by atoms with Gasteiger partial charge in [0.1, 0.15) is 6.04 Å². The van der Waals surface area contributed by atoms with Crippen molar-refractivity contribution in [2.75, 3.05) is 31.5 Å². The van der Waals surface area contributed by atoms with Gasteiger partial charge >= 0.3 is 0 Å². The van der Waals surface area contributed by atoms with Gasteiger partial charge in [-0.05, 0) is 42.3 Å². The third kappa shape index (κ3) is 5.81. The van der Waals surface area contributed by atoms with Crippen molar-refractivity contribution in [2.45, 2.75) is 25.4 Å². The number of Topliss-reactive ketones (excluding diaryl/α,β-unsaturated/α-hetero) is 1. The molecule has 3 aromatic rings. The maximum Gasteiger partial charge on any atom is 0.249 e. The number of anilines is 1. The number of rotatable bonds is 6. The number of hydrogen-bond donors (Lipinski definition) is 2. The van der Waals surface area contributed by atoms with Gasteiger partial charge < -0.3 is 10.2 Å². The third-order valence-electron chi connectivity index (χ3n) is 6.98. The SMILES string of the molecule is CC(=O)c1ccc(NC(=O)[C@@H]2CC(=O)NC(N3CCN(C(c4ccccc4)c4ccccc4)CC3)=N2)cc1. The third-order valence-corrected chi connectivity index (χ3v) is 6.98. The molecule has 0 saturated carbocycles. The van der Waals surface area contributed by atoms with E-state index in [4.69, 9.17) is 0 Å². The standard InChI is InChI=1S/C30H31N5O3/c1-21(36)22-12-14-25(15-13-22)31-29(38)26-20-27(37)33-30(32-26)35-18-16-34(17-19-35)28(23-8-4-2-5-9-23)24-10-6-3-7-11-24/h2-15,26,28H,16-20H2,1H3,(H,31,38)(H,32,33,37)/t26-/m0/s1. The van der Waals surface area contributed by atoms with E-state index in [0.29, 0.717) is 30.3 Å². The monoisotopic (exact) mass is 509 g/mol. The van der Waals surface area contributed by atoms with Crippen molar-refractivity contribution in [1.29, 1.82) is 0 Å². The average molecular weight is 510 g/mol. The van der Waals surface area contributed by atoms with Crippen molar-refractivity contribution >= 4 is 29.2 Å². The summed E-state index contributed by atoms with van der Waals surface area (Å²) >= 11 is 0.